The molecule has 0 radical (unpaired) electrons. The van der Waals surface area contributed by atoms with Crippen LogP contribution in [0.15, 0.2) is 30.5 Å². The van der Waals surface area contributed by atoms with Crippen LogP contribution in [0.1, 0.15) is 50.2 Å². The molecular formula is C32H34F2N4O3. The number of ether oxygens (including phenoxy) is 2. The molecule has 1 aliphatic carbocycles. The molecule has 1 atom stereocenters. The van der Waals surface area contributed by atoms with E-state index in [1.54, 1.807) is 12.3 Å². The third-order valence-corrected chi connectivity index (χ3v) is 9.17. The van der Waals surface area contributed by atoms with Crippen LogP contribution in [0.25, 0.3) is 32.9 Å². The zero-order chi connectivity index (χ0) is 28.4. The number of aliphatic hydroxyl groups is 1. The van der Waals surface area contributed by atoms with E-state index in [4.69, 9.17) is 14.5 Å². The van der Waals surface area contributed by atoms with Crippen LogP contribution in [0.3, 0.4) is 0 Å². The zero-order valence-corrected chi connectivity index (χ0v) is 23.5. The second-order valence-corrected chi connectivity index (χ2v) is 12.1. The first kappa shape index (κ1) is 26.5. The second-order valence-electron chi connectivity index (χ2n) is 12.1. The molecule has 4 heterocycles. The predicted octanol–water partition coefficient (Wildman–Crippen LogP) is 5.90. The molecule has 4 aromatic rings. The van der Waals surface area contributed by atoms with Gasteiger partial charge in [-0.3, -0.25) is 4.98 Å². The lowest BCUT2D eigenvalue weighted by atomic mass is 9.86. The second kappa shape index (κ2) is 9.84. The van der Waals surface area contributed by atoms with Gasteiger partial charge in [-0.15, -0.1) is 0 Å². The van der Waals surface area contributed by atoms with Gasteiger partial charge in [0.2, 0.25) is 0 Å². The number of rotatable bonds is 7. The topological polar surface area (TPSA) is 80.6 Å². The van der Waals surface area contributed by atoms with Crippen LogP contribution in [0.2, 0.25) is 0 Å². The van der Waals surface area contributed by atoms with Gasteiger partial charge in [0.05, 0.1) is 30.8 Å². The molecule has 2 aromatic heterocycles. The van der Waals surface area contributed by atoms with Crippen molar-refractivity contribution in [2.75, 3.05) is 37.8 Å². The molecular weight excluding hydrogens is 526 g/mol. The number of aryl methyl sites for hydroxylation is 2. The van der Waals surface area contributed by atoms with Crippen molar-refractivity contribution in [1.29, 1.82) is 0 Å². The van der Waals surface area contributed by atoms with Gasteiger partial charge < -0.3 is 19.5 Å². The number of halogens is 2. The van der Waals surface area contributed by atoms with Crippen LogP contribution in [0.5, 0.6) is 6.01 Å². The van der Waals surface area contributed by atoms with Crippen LogP contribution in [0.4, 0.5) is 14.6 Å². The van der Waals surface area contributed by atoms with Crippen molar-refractivity contribution >= 4 is 27.5 Å². The van der Waals surface area contributed by atoms with Gasteiger partial charge in [-0.05, 0) is 73.1 Å². The van der Waals surface area contributed by atoms with Crippen molar-refractivity contribution in [1.82, 2.24) is 15.0 Å². The minimum absolute atomic E-state index is 0.0264. The first-order valence-electron chi connectivity index (χ1n) is 14.6. The SMILES string of the molecule is CCc1c(F)ccc2cc(C)cc(-c3ncc4c(N5CCC[C@]6(CCO6)C5)nc(OCC5(CO)CC5)nc4c3F)c12. The van der Waals surface area contributed by atoms with Crippen molar-refractivity contribution in [3.63, 3.8) is 0 Å². The Bertz CT molecular complexity index is 1670. The molecule has 1 N–H and O–H groups in total. The third kappa shape index (κ3) is 4.50. The maximum Gasteiger partial charge on any atom is 0.319 e. The smallest absolute Gasteiger partial charge is 0.319 e. The van der Waals surface area contributed by atoms with E-state index in [-0.39, 0.29) is 47.3 Å². The number of hydrogen-bond donors (Lipinski definition) is 1. The highest BCUT2D eigenvalue weighted by atomic mass is 19.1. The van der Waals surface area contributed by atoms with E-state index in [0.29, 0.717) is 40.7 Å². The van der Waals surface area contributed by atoms with E-state index < -0.39 is 5.82 Å². The van der Waals surface area contributed by atoms with Gasteiger partial charge in [-0.2, -0.15) is 9.97 Å². The number of fused-ring (bicyclic) bond motifs is 2. The number of benzene rings is 2. The Morgan fingerprint density at radius 3 is 2.66 bits per heavy atom. The average molecular weight is 561 g/mol. The van der Waals surface area contributed by atoms with Gasteiger partial charge in [0.15, 0.2) is 5.82 Å². The molecule has 0 unspecified atom stereocenters. The fourth-order valence-corrected chi connectivity index (χ4v) is 6.45. The molecule has 0 bridgehead atoms. The van der Waals surface area contributed by atoms with Crippen LogP contribution >= 0.6 is 0 Å². The van der Waals surface area contributed by atoms with E-state index in [2.05, 4.69) is 14.9 Å². The Hall–Kier alpha value is -3.43. The van der Waals surface area contributed by atoms with Gasteiger partial charge in [0, 0.05) is 36.7 Å². The van der Waals surface area contributed by atoms with Crippen molar-refractivity contribution in [2.24, 2.45) is 5.41 Å². The Kier molecular flexibility index (Phi) is 6.35. The van der Waals surface area contributed by atoms with Crippen LogP contribution < -0.4 is 9.64 Å². The first-order valence-corrected chi connectivity index (χ1v) is 14.6. The molecule has 1 saturated carbocycles. The van der Waals surface area contributed by atoms with Crippen molar-refractivity contribution in [3.05, 3.63) is 53.2 Å². The molecule has 0 amide bonds. The van der Waals surface area contributed by atoms with Gasteiger partial charge in [0.25, 0.3) is 0 Å². The third-order valence-electron chi connectivity index (χ3n) is 9.17. The number of aliphatic hydroxyl groups excluding tert-OH is 1. The number of piperidine rings is 1. The monoisotopic (exact) mass is 560 g/mol. The molecule has 2 aliphatic heterocycles. The Morgan fingerprint density at radius 1 is 1.12 bits per heavy atom. The summed E-state index contributed by atoms with van der Waals surface area (Å²) in [6.45, 7) is 6.28. The molecule has 1 spiro atoms. The van der Waals surface area contributed by atoms with Crippen molar-refractivity contribution in [3.8, 4) is 17.3 Å². The molecule has 7 nitrogen and oxygen atoms in total. The summed E-state index contributed by atoms with van der Waals surface area (Å²) in [6.07, 6.45) is 6.74. The van der Waals surface area contributed by atoms with Gasteiger partial charge >= 0.3 is 6.01 Å². The molecule has 3 fully saturated rings. The first-order chi connectivity index (χ1) is 19.8. The summed E-state index contributed by atoms with van der Waals surface area (Å²) in [5, 5.41) is 11.8. The lowest BCUT2D eigenvalue weighted by molar-refractivity contribution is -0.151. The standard InChI is InChI=1S/C32H34F2N4O3/c1-3-21-24(33)6-5-20-13-19(2)14-22(25(20)21)27-26(34)28-23(15-35-27)29(38-11-4-7-32(16-38)10-12-41-32)37-30(36-28)40-18-31(17-39)8-9-31/h5-6,13-15,39H,3-4,7-12,16-18H2,1-2H3/t32-/m0/s1. The van der Waals surface area contributed by atoms with E-state index in [1.165, 1.54) is 6.07 Å². The van der Waals surface area contributed by atoms with E-state index in [9.17, 15) is 9.50 Å². The average Bonchev–Trinajstić information content (AvgIpc) is 3.75. The fraction of sp³-hybridized carbons (Fsp3) is 0.469. The fourth-order valence-electron chi connectivity index (χ4n) is 6.45. The van der Waals surface area contributed by atoms with E-state index >= 15 is 4.39 Å². The number of aromatic nitrogens is 3. The van der Waals surface area contributed by atoms with Gasteiger partial charge in [-0.1, -0.05) is 19.1 Å². The molecule has 214 valence electrons. The van der Waals surface area contributed by atoms with Gasteiger partial charge in [-0.25, -0.2) is 8.78 Å². The molecule has 9 heteroatoms. The highest BCUT2D eigenvalue weighted by Crippen LogP contribution is 2.45. The molecule has 41 heavy (non-hydrogen) atoms. The molecule has 2 aromatic carbocycles. The normalized spacial score (nSPS) is 21.4. The summed E-state index contributed by atoms with van der Waals surface area (Å²) in [6, 6.07) is 7.11. The Balaban J connectivity index is 1.40. The Labute approximate surface area is 237 Å². The quantitative estimate of drug-likeness (QED) is 0.301. The van der Waals surface area contributed by atoms with E-state index in [1.807, 2.05) is 26.0 Å². The molecule has 7 rings (SSSR count). The largest absolute Gasteiger partial charge is 0.463 e. The number of pyridine rings is 1. The number of anilines is 1. The summed E-state index contributed by atoms with van der Waals surface area (Å²) in [7, 11) is 0. The predicted molar refractivity (Wildman–Crippen MR) is 153 cm³/mol. The minimum atomic E-state index is -0.593. The summed E-state index contributed by atoms with van der Waals surface area (Å²) >= 11 is 0. The van der Waals surface area contributed by atoms with Crippen LogP contribution in [0, 0.1) is 24.0 Å². The summed E-state index contributed by atoms with van der Waals surface area (Å²) in [4.78, 5) is 16.1. The van der Waals surface area contributed by atoms with E-state index in [0.717, 1.165) is 56.2 Å². The number of nitrogens with zero attached hydrogens (tertiary/aromatic N) is 4. The summed E-state index contributed by atoms with van der Waals surface area (Å²) < 4.78 is 43.6. The number of hydrogen-bond acceptors (Lipinski definition) is 7. The minimum Gasteiger partial charge on any atom is -0.463 e. The Morgan fingerprint density at radius 2 is 1.95 bits per heavy atom. The highest BCUT2D eigenvalue weighted by Gasteiger charge is 2.44. The highest BCUT2D eigenvalue weighted by molar-refractivity contribution is 6.01. The maximum atomic E-state index is 16.7. The molecule has 2 saturated heterocycles. The van der Waals surface area contributed by atoms with Gasteiger partial charge in [0.1, 0.15) is 22.8 Å². The van der Waals surface area contributed by atoms with Crippen molar-refractivity contribution < 1.29 is 23.4 Å². The molecule has 3 aliphatic rings. The van der Waals surface area contributed by atoms with Crippen LogP contribution in [-0.4, -0.2) is 58.6 Å². The maximum absolute atomic E-state index is 16.7. The lowest BCUT2D eigenvalue weighted by Gasteiger charge is -2.48. The van der Waals surface area contributed by atoms with Crippen LogP contribution in [-0.2, 0) is 11.2 Å². The summed E-state index contributed by atoms with van der Waals surface area (Å²) in [5.41, 5.74) is 1.75. The van der Waals surface area contributed by atoms with Crippen molar-refractivity contribution in [2.45, 2.75) is 58.0 Å². The summed E-state index contributed by atoms with van der Waals surface area (Å²) in [5.74, 6) is -0.341. The zero-order valence-electron chi connectivity index (χ0n) is 23.5. The lowest BCUT2D eigenvalue weighted by Crippen LogP contribution is -2.56.